The second kappa shape index (κ2) is 7.05. The molecule has 4 N–H and O–H groups in total. The molecule has 0 radical (unpaired) electrons. The Morgan fingerprint density at radius 2 is 1.89 bits per heavy atom. The molecule has 0 aliphatic carbocycles. The van der Waals surface area contributed by atoms with Crippen LogP contribution in [0.4, 0.5) is 11.6 Å². The molecular formula is C11H19N5OS. The molecule has 0 unspecified atom stereocenters. The lowest BCUT2D eigenvalue weighted by Gasteiger charge is -2.09. The largest absolute Gasteiger partial charge is 0.383 e. The molecule has 1 heterocycles. The standard InChI is InChI=1S/C11H19N5OS/c1-16(2)10(17)5-3-4-6-18-11-14-8(12)7-9(13)15-11/h7H,3-6H2,1-2H3,(H4,12,13,14,15). The maximum Gasteiger partial charge on any atom is 0.222 e. The van der Waals surface area contributed by atoms with Crippen molar-refractivity contribution in [3.8, 4) is 0 Å². The first-order valence-electron chi connectivity index (χ1n) is 5.72. The van der Waals surface area contributed by atoms with E-state index in [-0.39, 0.29) is 5.91 Å². The number of carbonyl (C=O) groups excluding carboxylic acids is 1. The van der Waals surface area contributed by atoms with Crippen LogP contribution >= 0.6 is 11.8 Å². The number of aromatic nitrogens is 2. The van der Waals surface area contributed by atoms with Gasteiger partial charge in [0, 0.05) is 32.3 Å². The minimum atomic E-state index is 0.157. The number of anilines is 2. The minimum Gasteiger partial charge on any atom is -0.383 e. The normalized spacial score (nSPS) is 10.3. The lowest BCUT2D eigenvalue weighted by molar-refractivity contribution is -0.128. The topological polar surface area (TPSA) is 98.1 Å². The van der Waals surface area contributed by atoms with Crippen molar-refractivity contribution in [3.63, 3.8) is 0 Å². The highest BCUT2D eigenvalue weighted by molar-refractivity contribution is 7.99. The van der Waals surface area contributed by atoms with Crippen LogP contribution in [0.25, 0.3) is 0 Å². The molecule has 18 heavy (non-hydrogen) atoms. The van der Waals surface area contributed by atoms with Gasteiger partial charge in [0.05, 0.1) is 0 Å². The van der Waals surface area contributed by atoms with E-state index in [1.54, 1.807) is 19.0 Å². The summed E-state index contributed by atoms with van der Waals surface area (Å²) in [6.45, 7) is 0. The zero-order chi connectivity index (χ0) is 13.5. The number of nitrogens with zero attached hydrogens (tertiary/aromatic N) is 3. The molecule has 1 amide bonds. The van der Waals surface area contributed by atoms with Crippen molar-refractivity contribution in [3.05, 3.63) is 6.07 Å². The number of nitrogens with two attached hydrogens (primary N) is 2. The van der Waals surface area contributed by atoms with E-state index in [2.05, 4.69) is 9.97 Å². The molecular weight excluding hydrogens is 250 g/mol. The lowest BCUT2D eigenvalue weighted by atomic mass is 10.2. The van der Waals surface area contributed by atoms with Crippen LogP contribution in [-0.2, 0) is 4.79 Å². The molecule has 0 spiro atoms. The molecule has 6 nitrogen and oxygen atoms in total. The Balaban J connectivity index is 2.24. The predicted molar refractivity (Wildman–Crippen MR) is 74.1 cm³/mol. The van der Waals surface area contributed by atoms with Gasteiger partial charge in [-0.15, -0.1) is 0 Å². The molecule has 0 atom stereocenters. The highest BCUT2D eigenvalue weighted by Gasteiger charge is 2.04. The van der Waals surface area contributed by atoms with Gasteiger partial charge in [-0.05, 0) is 12.8 Å². The molecule has 0 saturated heterocycles. The number of thioether (sulfide) groups is 1. The summed E-state index contributed by atoms with van der Waals surface area (Å²) >= 11 is 1.50. The summed E-state index contributed by atoms with van der Waals surface area (Å²) in [4.78, 5) is 21.1. The second-order valence-electron chi connectivity index (χ2n) is 4.09. The molecule has 0 saturated carbocycles. The van der Waals surface area contributed by atoms with E-state index >= 15 is 0 Å². The maximum absolute atomic E-state index is 11.3. The Morgan fingerprint density at radius 3 is 2.44 bits per heavy atom. The van der Waals surface area contributed by atoms with Crippen molar-refractivity contribution < 1.29 is 4.79 Å². The van der Waals surface area contributed by atoms with Gasteiger partial charge in [-0.1, -0.05) is 11.8 Å². The third-order valence-corrected chi connectivity index (χ3v) is 3.19. The zero-order valence-electron chi connectivity index (χ0n) is 10.7. The lowest BCUT2D eigenvalue weighted by Crippen LogP contribution is -2.21. The Morgan fingerprint density at radius 1 is 1.28 bits per heavy atom. The fraction of sp³-hybridized carbons (Fsp3) is 0.545. The van der Waals surface area contributed by atoms with Crippen molar-refractivity contribution in [2.45, 2.75) is 24.4 Å². The highest BCUT2D eigenvalue weighted by atomic mass is 32.2. The van der Waals surface area contributed by atoms with Gasteiger partial charge in [0.15, 0.2) is 5.16 Å². The van der Waals surface area contributed by atoms with Crippen LogP contribution in [0.2, 0.25) is 0 Å². The van der Waals surface area contributed by atoms with Crippen LogP contribution < -0.4 is 11.5 Å². The summed E-state index contributed by atoms with van der Waals surface area (Å²) in [5.74, 6) is 1.77. The van der Waals surface area contributed by atoms with Crippen LogP contribution in [0.15, 0.2) is 11.2 Å². The van der Waals surface area contributed by atoms with Gasteiger partial charge in [-0.2, -0.15) is 0 Å². The molecule has 0 aliphatic heterocycles. The van der Waals surface area contributed by atoms with Gasteiger partial charge in [0.2, 0.25) is 5.91 Å². The summed E-state index contributed by atoms with van der Waals surface area (Å²) < 4.78 is 0. The first-order valence-corrected chi connectivity index (χ1v) is 6.70. The quantitative estimate of drug-likeness (QED) is 0.454. The van der Waals surface area contributed by atoms with Gasteiger partial charge in [-0.3, -0.25) is 4.79 Å². The molecule has 0 aliphatic rings. The van der Waals surface area contributed by atoms with Crippen molar-refractivity contribution in [2.75, 3.05) is 31.3 Å². The van der Waals surface area contributed by atoms with Crippen LogP contribution in [0.5, 0.6) is 0 Å². The first kappa shape index (κ1) is 14.6. The summed E-state index contributed by atoms with van der Waals surface area (Å²) in [5, 5.41) is 0.589. The van der Waals surface area contributed by atoms with Gasteiger partial charge in [-0.25, -0.2) is 9.97 Å². The molecule has 1 aromatic rings. The second-order valence-corrected chi connectivity index (χ2v) is 5.16. The summed E-state index contributed by atoms with van der Waals surface area (Å²) in [7, 11) is 3.53. The fourth-order valence-corrected chi connectivity index (χ4v) is 2.16. The predicted octanol–water partition coefficient (Wildman–Crippen LogP) is 0.992. The number of hydrogen-bond acceptors (Lipinski definition) is 6. The van der Waals surface area contributed by atoms with Gasteiger partial charge in [0.25, 0.3) is 0 Å². The van der Waals surface area contributed by atoms with Crippen molar-refractivity contribution in [1.29, 1.82) is 0 Å². The molecule has 7 heteroatoms. The Kier molecular flexibility index (Phi) is 5.70. The smallest absolute Gasteiger partial charge is 0.222 e. The van der Waals surface area contributed by atoms with E-state index < -0.39 is 0 Å². The molecule has 0 fully saturated rings. The molecule has 0 bridgehead atoms. The van der Waals surface area contributed by atoms with Crippen LogP contribution in [0, 0.1) is 0 Å². The van der Waals surface area contributed by atoms with Crippen molar-refractivity contribution in [2.24, 2.45) is 0 Å². The van der Waals surface area contributed by atoms with E-state index in [4.69, 9.17) is 11.5 Å². The third kappa shape index (κ3) is 5.22. The number of nitrogen functional groups attached to an aromatic ring is 2. The number of hydrogen-bond donors (Lipinski definition) is 2. The average Bonchev–Trinajstić information content (AvgIpc) is 2.26. The number of unbranched alkanes of at least 4 members (excludes halogenated alkanes) is 1. The SMILES string of the molecule is CN(C)C(=O)CCCCSc1nc(N)cc(N)n1. The van der Waals surface area contributed by atoms with Gasteiger partial charge < -0.3 is 16.4 Å². The Bertz CT molecular complexity index is 390. The number of carbonyl (C=O) groups is 1. The third-order valence-electron chi connectivity index (χ3n) is 2.26. The molecule has 1 rings (SSSR count). The summed E-state index contributed by atoms with van der Waals surface area (Å²) in [5.41, 5.74) is 11.1. The fourth-order valence-electron chi connectivity index (χ4n) is 1.29. The zero-order valence-corrected chi connectivity index (χ0v) is 11.5. The van der Waals surface area contributed by atoms with E-state index in [1.807, 2.05) is 0 Å². The number of rotatable bonds is 6. The number of amides is 1. The molecule has 0 aromatic carbocycles. The van der Waals surface area contributed by atoms with Crippen LogP contribution in [0.1, 0.15) is 19.3 Å². The average molecular weight is 269 g/mol. The van der Waals surface area contributed by atoms with Crippen LogP contribution in [-0.4, -0.2) is 40.6 Å². The Hall–Kier alpha value is -1.50. The Labute approximate surface area is 111 Å². The van der Waals surface area contributed by atoms with Crippen molar-refractivity contribution >= 4 is 29.3 Å². The van der Waals surface area contributed by atoms with E-state index in [0.717, 1.165) is 18.6 Å². The van der Waals surface area contributed by atoms with Crippen LogP contribution in [0.3, 0.4) is 0 Å². The van der Waals surface area contributed by atoms with Gasteiger partial charge >= 0.3 is 0 Å². The maximum atomic E-state index is 11.3. The highest BCUT2D eigenvalue weighted by Crippen LogP contribution is 2.18. The molecule has 1 aromatic heterocycles. The first-order chi connectivity index (χ1) is 8.49. The summed E-state index contributed by atoms with van der Waals surface area (Å²) in [6.07, 6.45) is 2.37. The van der Waals surface area contributed by atoms with Crippen molar-refractivity contribution in [1.82, 2.24) is 14.9 Å². The summed E-state index contributed by atoms with van der Waals surface area (Å²) in [6, 6.07) is 1.53. The monoisotopic (exact) mass is 269 g/mol. The van der Waals surface area contributed by atoms with E-state index in [1.165, 1.54) is 17.8 Å². The van der Waals surface area contributed by atoms with Gasteiger partial charge in [0.1, 0.15) is 11.6 Å². The van der Waals surface area contributed by atoms with E-state index in [9.17, 15) is 4.79 Å². The van der Waals surface area contributed by atoms with E-state index in [0.29, 0.717) is 23.2 Å². The minimum absolute atomic E-state index is 0.157. The molecule has 100 valence electrons.